The van der Waals surface area contributed by atoms with Gasteiger partial charge in [0.1, 0.15) is 0 Å². The Balaban J connectivity index is 1.77. The minimum absolute atomic E-state index is 0.390. The summed E-state index contributed by atoms with van der Waals surface area (Å²) in [5, 5.41) is 9.50. The SMILES string of the molecule is C[C@H](O)c1ccc(Sc2ccc3c(c2)CCC3)cc1. The van der Waals surface area contributed by atoms with Crippen molar-refractivity contribution >= 4 is 11.8 Å². The quantitative estimate of drug-likeness (QED) is 0.893. The first-order chi connectivity index (χ1) is 9.22. The predicted octanol–water partition coefficient (Wildman–Crippen LogP) is 4.38. The van der Waals surface area contributed by atoms with Gasteiger partial charge in [-0.05, 0) is 67.1 Å². The van der Waals surface area contributed by atoms with Crippen molar-refractivity contribution in [3.05, 3.63) is 59.2 Å². The van der Waals surface area contributed by atoms with Crippen molar-refractivity contribution in [2.24, 2.45) is 0 Å². The number of fused-ring (bicyclic) bond motifs is 1. The van der Waals surface area contributed by atoms with Gasteiger partial charge in [-0.2, -0.15) is 0 Å². The molecule has 0 saturated heterocycles. The fourth-order valence-electron chi connectivity index (χ4n) is 2.56. The van der Waals surface area contributed by atoms with E-state index in [2.05, 4.69) is 30.3 Å². The molecule has 19 heavy (non-hydrogen) atoms. The van der Waals surface area contributed by atoms with Crippen LogP contribution in [0, 0.1) is 0 Å². The Bertz CT molecular complexity index is 572. The maximum Gasteiger partial charge on any atom is 0.0761 e. The van der Waals surface area contributed by atoms with Gasteiger partial charge in [-0.1, -0.05) is 30.0 Å². The Kier molecular flexibility index (Phi) is 3.63. The molecule has 3 rings (SSSR count). The largest absolute Gasteiger partial charge is 0.389 e. The molecule has 0 bridgehead atoms. The van der Waals surface area contributed by atoms with E-state index in [1.165, 1.54) is 40.2 Å². The second-order valence-electron chi connectivity index (χ2n) is 5.13. The van der Waals surface area contributed by atoms with Crippen LogP contribution in [0.2, 0.25) is 0 Å². The van der Waals surface area contributed by atoms with E-state index >= 15 is 0 Å². The number of rotatable bonds is 3. The van der Waals surface area contributed by atoms with E-state index in [9.17, 15) is 5.11 Å². The average Bonchev–Trinajstić information content (AvgIpc) is 2.87. The van der Waals surface area contributed by atoms with Crippen molar-refractivity contribution in [2.75, 3.05) is 0 Å². The molecule has 2 aromatic rings. The van der Waals surface area contributed by atoms with Crippen LogP contribution in [0.4, 0.5) is 0 Å². The zero-order valence-corrected chi connectivity index (χ0v) is 11.9. The van der Waals surface area contributed by atoms with Gasteiger partial charge < -0.3 is 5.11 Å². The zero-order valence-electron chi connectivity index (χ0n) is 11.1. The van der Waals surface area contributed by atoms with Gasteiger partial charge in [0, 0.05) is 9.79 Å². The van der Waals surface area contributed by atoms with E-state index in [1.54, 1.807) is 18.7 Å². The monoisotopic (exact) mass is 270 g/mol. The second kappa shape index (κ2) is 5.40. The molecule has 0 amide bonds. The Labute approximate surface area is 118 Å². The van der Waals surface area contributed by atoms with Gasteiger partial charge in [0.2, 0.25) is 0 Å². The second-order valence-corrected chi connectivity index (χ2v) is 6.28. The van der Waals surface area contributed by atoms with Crippen LogP contribution in [-0.4, -0.2) is 5.11 Å². The third-order valence-corrected chi connectivity index (χ3v) is 4.67. The summed E-state index contributed by atoms with van der Waals surface area (Å²) in [7, 11) is 0. The van der Waals surface area contributed by atoms with Gasteiger partial charge in [0.25, 0.3) is 0 Å². The first-order valence-electron chi connectivity index (χ1n) is 6.80. The predicted molar refractivity (Wildman–Crippen MR) is 79.7 cm³/mol. The number of aliphatic hydroxyl groups is 1. The van der Waals surface area contributed by atoms with E-state index in [4.69, 9.17) is 0 Å². The maximum atomic E-state index is 9.50. The standard InChI is InChI=1S/C17H18OS/c1-12(18)13-5-8-16(9-6-13)19-17-10-7-14-3-2-4-15(14)11-17/h5-12,18H,2-4H2,1H3/t12-/m0/s1. The molecule has 2 aromatic carbocycles. The molecule has 0 radical (unpaired) electrons. The molecule has 1 N–H and O–H groups in total. The van der Waals surface area contributed by atoms with Gasteiger partial charge in [0.05, 0.1) is 6.10 Å². The summed E-state index contributed by atoms with van der Waals surface area (Å²) in [5.74, 6) is 0. The molecule has 1 aliphatic carbocycles. The van der Waals surface area contributed by atoms with E-state index in [-0.39, 0.29) is 6.10 Å². The summed E-state index contributed by atoms with van der Waals surface area (Å²) in [6, 6.07) is 15.0. The van der Waals surface area contributed by atoms with Crippen LogP contribution in [-0.2, 0) is 12.8 Å². The Morgan fingerprint density at radius 2 is 1.63 bits per heavy atom. The van der Waals surface area contributed by atoms with Crippen molar-refractivity contribution in [2.45, 2.75) is 42.1 Å². The molecule has 2 heteroatoms. The fraction of sp³-hybridized carbons (Fsp3) is 0.294. The molecule has 1 atom stereocenters. The highest BCUT2D eigenvalue weighted by molar-refractivity contribution is 7.99. The molecule has 1 aliphatic rings. The van der Waals surface area contributed by atoms with Crippen molar-refractivity contribution in [3.63, 3.8) is 0 Å². The Morgan fingerprint density at radius 3 is 2.37 bits per heavy atom. The molecule has 0 saturated carbocycles. The van der Waals surface area contributed by atoms with Gasteiger partial charge in [-0.15, -0.1) is 0 Å². The number of benzene rings is 2. The maximum absolute atomic E-state index is 9.50. The van der Waals surface area contributed by atoms with Crippen LogP contribution in [0.25, 0.3) is 0 Å². The molecule has 0 aliphatic heterocycles. The summed E-state index contributed by atoms with van der Waals surface area (Å²) in [4.78, 5) is 2.53. The lowest BCUT2D eigenvalue weighted by molar-refractivity contribution is 0.199. The number of aliphatic hydroxyl groups excluding tert-OH is 1. The molecule has 98 valence electrons. The van der Waals surface area contributed by atoms with E-state index < -0.39 is 0 Å². The molecular weight excluding hydrogens is 252 g/mol. The minimum atomic E-state index is -0.390. The summed E-state index contributed by atoms with van der Waals surface area (Å²) in [6.07, 6.45) is 3.37. The lowest BCUT2D eigenvalue weighted by Gasteiger charge is -2.07. The topological polar surface area (TPSA) is 20.2 Å². The van der Waals surface area contributed by atoms with Gasteiger partial charge in [-0.25, -0.2) is 0 Å². The van der Waals surface area contributed by atoms with E-state index in [1.807, 2.05) is 12.1 Å². The van der Waals surface area contributed by atoms with Crippen LogP contribution in [0.15, 0.2) is 52.3 Å². The highest BCUT2D eigenvalue weighted by Gasteiger charge is 2.11. The Morgan fingerprint density at radius 1 is 0.947 bits per heavy atom. The first-order valence-corrected chi connectivity index (χ1v) is 7.62. The van der Waals surface area contributed by atoms with Gasteiger partial charge >= 0.3 is 0 Å². The fourth-order valence-corrected chi connectivity index (χ4v) is 3.44. The van der Waals surface area contributed by atoms with Gasteiger partial charge in [-0.3, -0.25) is 0 Å². The molecule has 0 spiro atoms. The van der Waals surface area contributed by atoms with E-state index in [0.29, 0.717) is 0 Å². The molecule has 1 nitrogen and oxygen atoms in total. The third-order valence-electron chi connectivity index (χ3n) is 3.67. The van der Waals surface area contributed by atoms with Crippen molar-refractivity contribution < 1.29 is 5.11 Å². The molecular formula is C17H18OS. The van der Waals surface area contributed by atoms with Gasteiger partial charge in [0.15, 0.2) is 0 Å². The summed E-state index contributed by atoms with van der Waals surface area (Å²) in [6.45, 7) is 1.79. The Hall–Kier alpha value is -1.25. The highest BCUT2D eigenvalue weighted by atomic mass is 32.2. The van der Waals surface area contributed by atoms with Crippen LogP contribution in [0.3, 0.4) is 0 Å². The third kappa shape index (κ3) is 2.85. The first kappa shape index (κ1) is 12.8. The van der Waals surface area contributed by atoms with Crippen LogP contribution < -0.4 is 0 Å². The molecule has 0 heterocycles. The summed E-state index contributed by atoms with van der Waals surface area (Å²) >= 11 is 1.79. The smallest absolute Gasteiger partial charge is 0.0761 e. The minimum Gasteiger partial charge on any atom is -0.389 e. The number of hydrogen-bond acceptors (Lipinski definition) is 2. The van der Waals surface area contributed by atoms with Crippen LogP contribution >= 0.6 is 11.8 Å². The highest BCUT2D eigenvalue weighted by Crippen LogP contribution is 2.32. The average molecular weight is 270 g/mol. The lowest BCUT2D eigenvalue weighted by Crippen LogP contribution is -1.89. The summed E-state index contributed by atoms with van der Waals surface area (Å²) < 4.78 is 0. The van der Waals surface area contributed by atoms with Crippen molar-refractivity contribution in [3.8, 4) is 0 Å². The zero-order chi connectivity index (χ0) is 13.2. The van der Waals surface area contributed by atoms with E-state index in [0.717, 1.165) is 5.56 Å². The molecule has 0 unspecified atom stereocenters. The molecule has 0 aromatic heterocycles. The number of hydrogen-bond donors (Lipinski definition) is 1. The van der Waals surface area contributed by atoms with Crippen molar-refractivity contribution in [1.82, 2.24) is 0 Å². The normalized spacial score (nSPS) is 15.3. The van der Waals surface area contributed by atoms with Crippen LogP contribution in [0.5, 0.6) is 0 Å². The number of aryl methyl sites for hydroxylation is 2. The summed E-state index contributed by atoms with van der Waals surface area (Å²) in [5.41, 5.74) is 4.01. The van der Waals surface area contributed by atoms with Crippen LogP contribution in [0.1, 0.15) is 36.1 Å². The molecule has 0 fully saturated rings. The van der Waals surface area contributed by atoms with Crippen molar-refractivity contribution in [1.29, 1.82) is 0 Å². The lowest BCUT2D eigenvalue weighted by atomic mass is 10.1.